The molecule has 206 valence electrons. The Kier molecular flexibility index (Phi) is 7.36. The van der Waals surface area contributed by atoms with Gasteiger partial charge in [-0.1, -0.05) is 12.1 Å². The van der Waals surface area contributed by atoms with Crippen LogP contribution in [0.4, 0.5) is 14.7 Å². The molecule has 38 heavy (non-hydrogen) atoms. The number of alkyl halides is 2. The molecule has 5 rings (SSSR count). The van der Waals surface area contributed by atoms with Crippen molar-refractivity contribution in [2.45, 2.75) is 88.9 Å². The molecule has 0 bridgehead atoms. The molecule has 3 heterocycles. The highest BCUT2D eigenvalue weighted by Gasteiger charge is 2.43. The molecule has 0 unspecified atom stereocenters. The number of imidazole rings is 1. The average molecular weight is 536 g/mol. The Labute approximate surface area is 217 Å². The Bertz CT molecular complexity index is 1250. The first-order valence-corrected chi connectivity index (χ1v) is 12.5. The number of halogens is 2. The van der Waals surface area contributed by atoms with E-state index in [4.69, 9.17) is 14.5 Å². The molecule has 1 saturated carbocycles. The van der Waals surface area contributed by atoms with Crippen LogP contribution in [-0.4, -0.2) is 71.4 Å². The Hall–Kier alpha value is -3.13. The maximum atomic E-state index is 12.4. The summed E-state index contributed by atoms with van der Waals surface area (Å²) in [5.41, 5.74) is 0.641. The minimum Gasteiger partial charge on any atom is -0.471 e. The van der Waals surface area contributed by atoms with Crippen molar-refractivity contribution in [3.63, 3.8) is 0 Å². The van der Waals surface area contributed by atoms with Crippen molar-refractivity contribution >= 4 is 17.1 Å². The van der Waals surface area contributed by atoms with Crippen LogP contribution in [0.25, 0.3) is 11.2 Å². The molecule has 3 aromatic rings. The van der Waals surface area contributed by atoms with Crippen LogP contribution in [0.5, 0.6) is 11.6 Å². The van der Waals surface area contributed by atoms with Gasteiger partial charge in [0.15, 0.2) is 17.4 Å². The van der Waals surface area contributed by atoms with Gasteiger partial charge in [0.2, 0.25) is 11.8 Å². The van der Waals surface area contributed by atoms with E-state index in [0.29, 0.717) is 48.4 Å². The minimum atomic E-state index is -2.91. The Morgan fingerprint density at radius 3 is 2.50 bits per heavy atom. The molecular formula is C25H31F2N5O6. The zero-order valence-electron chi connectivity index (χ0n) is 21.0. The van der Waals surface area contributed by atoms with Crippen LogP contribution in [0.3, 0.4) is 0 Å². The predicted octanol–water partition coefficient (Wildman–Crippen LogP) is 2.75. The molecule has 2 aromatic heterocycles. The zero-order valence-corrected chi connectivity index (χ0v) is 21.0. The first-order valence-electron chi connectivity index (χ1n) is 12.5. The number of nitrogens with zero attached hydrogens (tertiary/aromatic N) is 4. The molecule has 1 saturated heterocycles. The van der Waals surface area contributed by atoms with Gasteiger partial charge in [-0.25, -0.2) is 9.97 Å². The Balaban J connectivity index is 1.43. The summed E-state index contributed by atoms with van der Waals surface area (Å²) in [4.78, 5) is 13.3. The van der Waals surface area contributed by atoms with Gasteiger partial charge in [-0.05, 0) is 57.2 Å². The number of benzene rings is 1. The molecule has 0 amide bonds. The van der Waals surface area contributed by atoms with E-state index in [1.807, 2.05) is 6.92 Å². The zero-order chi connectivity index (χ0) is 27.0. The quantitative estimate of drug-likeness (QED) is 0.340. The fraction of sp³-hybridized carbons (Fsp3) is 0.560. The minimum absolute atomic E-state index is 0.0120. The topological polar surface area (TPSA) is 144 Å². The average Bonchev–Trinajstić information content (AvgIpc) is 3.36. The molecule has 11 nitrogen and oxygen atoms in total. The second kappa shape index (κ2) is 10.6. The first-order chi connectivity index (χ1) is 18.1. The summed E-state index contributed by atoms with van der Waals surface area (Å²) in [6.45, 7) is 0.664. The van der Waals surface area contributed by atoms with Gasteiger partial charge in [0.25, 0.3) is 0 Å². The largest absolute Gasteiger partial charge is 0.471 e. The van der Waals surface area contributed by atoms with Crippen molar-refractivity contribution < 1.29 is 38.3 Å². The van der Waals surface area contributed by atoms with Crippen molar-refractivity contribution in [1.82, 2.24) is 19.5 Å². The van der Waals surface area contributed by atoms with Crippen LogP contribution in [0.1, 0.15) is 51.3 Å². The van der Waals surface area contributed by atoms with E-state index >= 15 is 0 Å². The standard InChI is InChI=1S/C25H31F2N5O6/c1-13-18(33)19(34)22(37-13)32-20-17(31-24(32)30-15-7-9-25(2,35)10-8-15)21(29-12-28-20)36-11-14-3-5-16(6-4-14)38-23(26)27/h3-6,12-13,15,18-19,22-23,33-35H,7-11H2,1-2H3,(H,30,31)/t13-,15-,18-,19-,22-,25+/m1/s1. The van der Waals surface area contributed by atoms with Crippen molar-refractivity contribution in [2.75, 3.05) is 5.32 Å². The fourth-order valence-corrected chi connectivity index (χ4v) is 4.86. The summed E-state index contributed by atoms with van der Waals surface area (Å²) in [6.07, 6.45) is 0.0969. The molecule has 2 aliphatic rings. The normalized spacial score (nSPS) is 29.6. The summed E-state index contributed by atoms with van der Waals surface area (Å²) in [7, 11) is 0. The molecule has 0 spiro atoms. The van der Waals surface area contributed by atoms with Crippen LogP contribution in [-0.2, 0) is 11.3 Å². The van der Waals surface area contributed by atoms with E-state index in [-0.39, 0.29) is 24.3 Å². The van der Waals surface area contributed by atoms with E-state index < -0.39 is 36.8 Å². The van der Waals surface area contributed by atoms with Crippen molar-refractivity contribution in [3.8, 4) is 11.6 Å². The van der Waals surface area contributed by atoms with Gasteiger partial charge in [0, 0.05) is 6.04 Å². The second-order valence-corrected chi connectivity index (χ2v) is 10.1. The van der Waals surface area contributed by atoms with E-state index in [2.05, 4.69) is 20.0 Å². The molecule has 13 heteroatoms. The van der Waals surface area contributed by atoms with Crippen molar-refractivity contribution in [1.29, 1.82) is 0 Å². The van der Waals surface area contributed by atoms with E-state index in [1.165, 1.54) is 18.5 Å². The molecule has 1 aliphatic carbocycles. The van der Waals surface area contributed by atoms with Crippen LogP contribution < -0.4 is 14.8 Å². The summed E-state index contributed by atoms with van der Waals surface area (Å²) < 4.78 is 42.6. The smallest absolute Gasteiger partial charge is 0.387 e. The Morgan fingerprint density at radius 1 is 1.16 bits per heavy atom. The summed E-state index contributed by atoms with van der Waals surface area (Å²) in [5.74, 6) is 0.589. The third-order valence-electron chi connectivity index (χ3n) is 7.10. The molecule has 1 aliphatic heterocycles. The van der Waals surface area contributed by atoms with Gasteiger partial charge in [-0.3, -0.25) is 4.57 Å². The van der Waals surface area contributed by atoms with Gasteiger partial charge in [-0.2, -0.15) is 13.8 Å². The molecule has 1 aromatic carbocycles. The van der Waals surface area contributed by atoms with Crippen LogP contribution >= 0.6 is 0 Å². The van der Waals surface area contributed by atoms with E-state index in [0.717, 1.165) is 0 Å². The highest BCUT2D eigenvalue weighted by molar-refractivity contribution is 5.79. The van der Waals surface area contributed by atoms with E-state index in [1.54, 1.807) is 23.6 Å². The lowest BCUT2D eigenvalue weighted by Crippen LogP contribution is -2.37. The first kappa shape index (κ1) is 26.5. The number of hydrogen-bond donors (Lipinski definition) is 4. The third-order valence-corrected chi connectivity index (χ3v) is 7.10. The second-order valence-electron chi connectivity index (χ2n) is 10.1. The van der Waals surface area contributed by atoms with Gasteiger partial charge >= 0.3 is 6.61 Å². The fourth-order valence-electron chi connectivity index (χ4n) is 4.86. The van der Waals surface area contributed by atoms with Crippen LogP contribution in [0, 0.1) is 0 Å². The van der Waals surface area contributed by atoms with Crippen molar-refractivity contribution in [3.05, 3.63) is 36.2 Å². The third kappa shape index (κ3) is 5.51. The number of hydrogen-bond acceptors (Lipinski definition) is 10. The van der Waals surface area contributed by atoms with Gasteiger partial charge in [0.1, 0.15) is 30.9 Å². The number of ether oxygens (including phenoxy) is 3. The number of aromatic nitrogens is 4. The lowest BCUT2D eigenvalue weighted by Gasteiger charge is -2.34. The lowest BCUT2D eigenvalue weighted by molar-refractivity contribution is -0.0498. The number of anilines is 1. The summed E-state index contributed by atoms with van der Waals surface area (Å²) in [6, 6.07) is 6.06. The number of nitrogens with one attached hydrogen (secondary N) is 1. The lowest BCUT2D eigenvalue weighted by atomic mass is 9.84. The highest BCUT2D eigenvalue weighted by atomic mass is 19.3. The molecular weight excluding hydrogens is 504 g/mol. The molecule has 2 fully saturated rings. The van der Waals surface area contributed by atoms with Crippen LogP contribution in [0.15, 0.2) is 30.6 Å². The maximum Gasteiger partial charge on any atom is 0.387 e. The predicted molar refractivity (Wildman–Crippen MR) is 131 cm³/mol. The summed E-state index contributed by atoms with van der Waals surface area (Å²) >= 11 is 0. The van der Waals surface area contributed by atoms with Crippen LogP contribution in [0.2, 0.25) is 0 Å². The molecule has 4 atom stereocenters. The monoisotopic (exact) mass is 535 g/mol. The number of rotatable bonds is 8. The van der Waals surface area contributed by atoms with Crippen molar-refractivity contribution in [2.24, 2.45) is 0 Å². The number of aliphatic hydroxyl groups is 3. The number of aliphatic hydroxyl groups excluding tert-OH is 2. The SMILES string of the molecule is C[C@H]1O[C@@H](n2c(N[C@H]3CC[C@@](C)(O)CC3)nc3c(OCc4ccc(OC(F)F)cc4)ncnc32)[C@H](O)[C@@H]1O. The highest BCUT2D eigenvalue weighted by Crippen LogP contribution is 2.37. The van der Waals surface area contributed by atoms with Gasteiger partial charge in [-0.15, -0.1) is 0 Å². The number of fused-ring (bicyclic) bond motifs is 1. The maximum absolute atomic E-state index is 12.4. The Morgan fingerprint density at radius 2 is 1.87 bits per heavy atom. The molecule has 4 N–H and O–H groups in total. The summed E-state index contributed by atoms with van der Waals surface area (Å²) in [5, 5.41) is 34.8. The molecule has 0 radical (unpaired) electrons. The van der Waals surface area contributed by atoms with E-state index in [9.17, 15) is 24.1 Å². The van der Waals surface area contributed by atoms with Gasteiger partial charge in [0.05, 0.1) is 11.7 Å². The van der Waals surface area contributed by atoms with Gasteiger partial charge < -0.3 is 34.8 Å².